The minimum Gasteiger partial charge on any atom is -0.465 e. The Hall–Kier alpha value is -3.23. The summed E-state index contributed by atoms with van der Waals surface area (Å²) in [5.41, 5.74) is -0.826. The van der Waals surface area contributed by atoms with Gasteiger partial charge in [-0.1, -0.05) is 0 Å². The second kappa shape index (κ2) is 6.71. The first kappa shape index (κ1) is 18.1. The number of hydrogen-bond donors (Lipinski definition) is 1. The molecule has 0 saturated carbocycles. The highest BCUT2D eigenvalue weighted by Crippen LogP contribution is 2.30. The number of carbonyl (C=O) groups is 1. The number of anilines is 1. The van der Waals surface area contributed by atoms with Crippen LogP contribution in [0, 0.1) is 15.9 Å². The molecule has 0 radical (unpaired) electrons. The molecular weight excluding hydrogens is 333 g/mol. The molecule has 0 aliphatic carbocycles. The molecule has 1 amide bonds. The van der Waals surface area contributed by atoms with Crippen LogP contribution in [0.1, 0.15) is 20.8 Å². The van der Waals surface area contributed by atoms with E-state index >= 15 is 0 Å². The molecule has 2 aromatic rings. The van der Waals surface area contributed by atoms with Gasteiger partial charge in [0.05, 0.1) is 10.6 Å². The summed E-state index contributed by atoms with van der Waals surface area (Å²) in [6, 6.07) is 6.14. The lowest BCUT2D eigenvalue weighted by Gasteiger charge is -2.33. The van der Waals surface area contributed by atoms with Gasteiger partial charge in [-0.15, -0.1) is 0 Å². The van der Waals surface area contributed by atoms with E-state index in [-0.39, 0.29) is 23.0 Å². The van der Waals surface area contributed by atoms with Crippen molar-refractivity contribution in [1.82, 2.24) is 4.98 Å². The third-order valence-corrected chi connectivity index (χ3v) is 3.18. The van der Waals surface area contributed by atoms with Gasteiger partial charge in [0, 0.05) is 23.7 Å². The quantitative estimate of drug-likeness (QED) is 0.655. The van der Waals surface area contributed by atoms with Crippen LogP contribution < -0.4 is 9.64 Å². The predicted molar refractivity (Wildman–Crippen MR) is 87.6 cm³/mol. The van der Waals surface area contributed by atoms with E-state index in [4.69, 9.17) is 4.74 Å². The highest BCUT2D eigenvalue weighted by molar-refractivity contribution is 5.87. The van der Waals surface area contributed by atoms with Crippen molar-refractivity contribution >= 4 is 17.5 Å². The van der Waals surface area contributed by atoms with Crippen LogP contribution in [-0.4, -0.2) is 26.6 Å². The Bertz CT molecular complexity index is 802. The topological polar surface area (TPSA) is 106 Å². The van der Waals surface area contributed by atoms with Crippen LogP contribution in [0.5, 0.6) is 11.6 Å². The highest BCUT2D eigenvalue weighted by atomic mass is 19.1. The molecule has 0 atom stereocenters. The molecule has 1 heterocycles. The number of amides is 1. The number of benzene rings is 1. The summed E-state index contributed by atoms with van der Waals surface area (Å²) in [5, 5.41) is 19.9. The summed E-state index contributed by atoms with van der Waals surface area (Å²) in [7, 11) is 0. The molecule has 0 aliphatic rings. The number of halogens is 1. The van der Waals surface area contributed by atoms with Crippen LogP contribution in [0.4, 0.5) is 20.6 Å². The van der Waals surface area contributed by atoms with Crippen LogP contribution in [0.3, 0.4) is 0 Å². The Labute approximate surface area is 142 Å². The third-order valence-electron chi connectivity index (χ3n) is 3.18. The molecule has 9 heteroatoms. The molecule has 1 N–H and O–H groups in total. The van der Waals surface area contributed by atoms with Crippen LogP contribution in [0.15, 0.2) is 36.5 Å². The van der Waals surface area contributed by atoms with Crippen molar-refractivity contribution < 1.29 is 24.0 Å². The Morgan fingerprint density at radius 3 is 2.44 bits per heavy atom. The summed E-state index contributed by atoms with van der Waals surface area (Å²) >= 11 is 0. The molecule has 132 valence electrons. The van der Waals surface area contributed by atoms with Crippen LogP contribution in [0.2, 0.25) is 0 Å². The fraction of sp³-hybridized carbons (Fsp3) is 0.250. The average Bonchev–Trinajstić information content (AvgIpc) is 2.48. The molecule has 1 aromatic heterocycles. The smallest absolute Gasteiger partial charge is 0.412 e. The molecule has 0 fully saturated rings. The maximum atomic E-state index is 14.3. The van der Waals surface area contributed by atoms with Gasteiger partial charge in [0.15, 0.2) is 11.6 Å². The minimum absolute atomic E-state index is 0.0248. The fourth-order valence-electron chi connectivity index (χ4n) is 2.15. The van der Waals surface area contributed by atoms with Crippen molar-refractivity contribution in [1.29, 1.82) is 0 Å². The van der Waals surface area contributed by atoms with Crippen molar-refractivity contribution in [3.63, 3.8) is 0 Å². The molecule has 0 bridgehead atoms. The van der Waals surface area contributed by atoms with Gasteiger partial charge in [0.2, 0.25) is 5.88 Å². The number of nitro groups is 1. The Balaban J connectivity index is 2.27. The maximum absolute atomic E-state index is 14.3. The van der Waals surface area contributed by atoms with Gasteiger partial charge in [-0.2, -0.15) is 0 Å². The van der Waals surface area contributed by atoms with E-state index < -0.39 is 22.4 Å². The molecule has 8 nitrogen and oxygen atoms in total. The van der Waals surface area contributed by atoms with Gasteiger partial charge in [-0.05, 0) is 32.9 Å². The largest absolute Gasteiger partial charge is 0.465 e. The van der Waals surface area contributed by atoms with E-state index in [2.05, 4.69) is 4.98 Å². The second-order valence-corrected chi connectivity index (χ2v) is 6.12. The monoisotopic (exact) mass is 349 g/mol. The van der Waals surface area contributed by atoms with Gasteiger partial charge in [-0.25, -0.2) is 14.2 Å². The Morgan fingerprint density at radius 1 is 1.32 bits per heavy atom. The number of hydrogen-bond acceptors (Lipinski definition) is 5. The van der Waals surface area contributed by atoms with Gasteiger partial charge < -0.3 is 9.84 Å². The Morgan fingerprint density at radius 2 is 2.00 bits per heavy atom. The van der Waals surface area contributed by atoms with Gasteiger partial charge >= 0.3 is 6.09 Å². The van der Waals surface area contributed by atoms with Gasteiger partial charge in [-0.3, -0.25) is 15.0 Å². The number of aromatic nitrogens is 1. The zero-order valence-corrected chi connectivity index (χ0v) is 13.8. The van der Waals surface area contributed by atoms with E-state index in [0.717, 1.165) is 17.2 Å². The van der Waals surface area contributed by atoms with Crippen molar-refractivity contribution in [3.8, 4) is 11.6 Å². The number of pyridine rings is 1. The van der Waals surface area contributed by atoms with Crippen molar-refractivity contribution in [2.45, 2.75) is 26.3 Å². The second-order valence-electron chi connectivity index (χ2n) is 6.12. The first-order chi connectivity index (χ1) is 11.6. The van der Waals surface area contributed by atoms with Crippen LogP contribution in [-0.2, 0) is 0 Å². The van der Waals surface area contributed by atoms with Crippen LogP contribution in [0.25, 0.3) is 0 Å². The number of ether oxygens (including phenoxy) is 1. The average molecular weight is 349 g/mol. The van der Waals surface area contributed by atoms with Crippen molar-refractivity contribution in [3.05, 3.63) is 52.5 Å². The third kappa shape index (κ3) is 4.19. The summed E-state index contributed by atoms with van der Waals surface area (Å²) < 4.78 is 19.5. The standard InChI is InChI=1S/C16H16FN3O5/c1-16(2,3)19(15(21)22)10-4-6-13(12(17)8-10)25-14-7-5-11(9-18-14)20(23)24/h4-9H,1-3H3,(H,21,22). The van der Waals surface area contributed by atoms with E-state index in [0.29, 0.717) is 0 Å². The summed E-state index contributed by atoms with van der Waals surface area (Å²) in [6.07, 6.45) is -0.217. The van der Waals surface area contributed by atoms with Gasteiger partial charge in [0.25, 0.3) is 5.69 Å². The van der Waals surface area contributed by atoms with E-state index in [1.54, 1.807) is 20.8 Å². The lowest BCUT2D eigenvalue weighted by Crippen LogP contribution is -2.45. The Kier molecular flexibility index (Phi) is 4.87. The first-order valence-corrected chi connectivity index (χ1v) is 7.20. The van der Waals surface area contributed by atoms with Crippen molar-refractivity contribution in [2.24, 2.45) is 0 Å². The van der Waals surface area contributed by atoms with Crippen molar-refractivity contribution in [2.75, 3.05) is 4.90 Å². The van der Waals surface area contributed by atoms with E-state index in [9.17, 15) is 24.4 Å². The molecule has 25 heavy (non-hydrogen) atoms. The van der Waals surface area contributed by atoms with Crippen LogP contribution >= 0.6 is 0 Å². The zero-order valence-electron chi connectivity index (χ0n) is 13.8. The maximum Gasteiger partial charge on any atom is 0.412 e. The summed E-state index contributed by atoms with van der Waals surface area (Å²) in [5.74, 6) is -0.985. The molecular formula is C16H16FN3O5. The molecule has 0 saturated heterocycles. The predicted octanol–water partition coefficient (Wildman–Crippen LogP) is 4.20. The molecule has 0 unspecified atom stereocenters. The molecule has 0 spiro atoms. The molecule has 2 rings (SSSR count). The van der Waals surface area contributed by atoms with E-state index in [1.807, 2.05) is 0 Å². The highest BCUT2D eigenvalue weighted by Gasteiger charge is 2.28. The fourth-order valence-corrected chi connectivity index (χ4v) is 2.15. The summed E-state index contributed by atoms with van der Waals surface area (Å²) in [6.45, 7) is 5.05. The lowest BCUT2D eigenvalue weighted by atomic mass is 10.1. The molecule has 0 aliphatic heterocycles. The first-order valence-electron chi connectivity index (χ1n) is 7.20. The normalized spacial score (nSPS) is 11.0. The number of carboxylic acid groups (broad SMARTS) is 1. The number of rotatable bonds is 4. The minimum atomic E-state index is -1.21. The number of nitrogens with zero attached hydrogens (tertiary/aromatic N) is 3. The van der Waals surface area contributed by atoms with Gasteiger partial charge in [0.1, 0.15) is 6.20 Å². The SMILES string of the molecule is CC(C)(C)N(C(=O)O)c1ccc(Oc2ccc([N+](=O)[O-])cn2)c(F)c1. The molecule has 1 aromatic carbocycles. The lowest BCUT2D eigenvalue weighted by molar-refractivity contribution is -0.385. The zero-order chi connectivity index (χ0) is 18.8. The summed E-state index contributed by atoms with van der Waals surface area (Å²) in [4.78, 5) is 26.1. The van der Waals surface area contributed by atoms with E-state index in [1.165, 1.54) is 24.3 Å².